The number of rotatable bonds is 4. The van der Waals surface area contributed by atoms with Gasteiger partial charge < -0.3 is 19.6 Å². The van der Waals surface area contributed by atoms with Crippen molar-refractivity contribution < 1.29 is 24.2 Å². The lowest BCUT2D eigenvalue weighted by Crippen LogP contribution is -2.53. The first-order chi connectivity index (χ1) is 11.6. The van der Waals surface area contributed by atoms with Crippen LogP contribution in [-0.2, 0) is 14.3 Å². The highest BCUT2D eigenvalue weighted by atomic mass is 32.1. The Bertz CT molecular complexity index is 618. The molecule has 1 aromatic rings. The van der Waals surface area contributed by atoms with Crippen LogP contribution in [0.1, 0.15) is 28.9 Å². The summed E-state index contributed by atoms with van der Waals surface area (Å²) in [5.74, 6) is -1.14. The summed E-state index contributed by atoms with van der Waals surface area (Å²) in [6, 6.07) is 3.14. The van der Waals surface area contributed by atoms with Crippen molar-refractivity contribution in [2.75, 3.05) is 26.2 Å². The van der Waals surface area contributed by atoms with Crippen molar-refractivity contribution in [1.29, 1.82) is 0 Å². The number of nitrogens with zero attached hydrogens (tertiary/aromatic N) is 2. The Hall–Kier alpha value is -1.93. The van der Waals surface area contributed by atoms with E-state index in [2.05, 4.69) is 0 Å². The second kappa shape index (κ2) is 7.31. The monoisotopic (exact) mass is 352 g/mol. The van der Waals surface area contributed by atoms with Gasteiger partial charge in [0.25, 0.3) is 5.91 Å². The number of carbonyl (C=O) groups is 3. The molecule has 0 aromatic carbocycles. The van der Waals surface area contributed by atoms with Crippen molar-refractivity contribution >= 4 is 29.1 Å². The fourth-order valence-corrected chi connectivity index (χ4v) is 3.94. The molecule has 2 atom stereocenters. The standard InChI is InChI=1S/C16H20N2O5S/c19-14(20)9-11-10-17(6-7-23-11)15(21)12-3-1-5-18(12)16(22)13-4-2-8-24-13/h2,4,8,11-12H,1,3,5-7,9-10H2,(H,19,20). The third-order valence-electron chi connectivity index (χ3n) is 4.38. The van der Waals surface area contributed by atoms with Crippen molar-refractivity contribution in [3.63, 3.8) is 0 Å². The van der Waals surface area contributed by atoms with Crippen LogP contribution in [0.2, 0.25) is 0 Å². The molecule has 3 rings (SSSR count). The average molecular weight is 352 g/mol. The maximum Gasteiger partial charge on any atom is 0.306 e. The van der Waals surface area contributed by atoms with Gasteiger partial charge in [0.15, 0.2) is 0 Å². The Kier molecular flexibility index (Phi) is 5.15. The summed E-state index contributed by atoms with van der Waals surface area (Å²) in [6.45, 7) is 1.61. The van der Waals surface area contributed by atoms with Crippen molar-refractivity contribution in [2.24, 2.45) is 0 Å². The molecule has 24 heavy (non-hydrogen) atoms. The van der Waals surface area contributed by atoms with E-state index < -0.39 is 18.1 Å². The van der Waals surface area contributed by atoms with Crippen molar-refractivity contribution in [3.8, 4) is 0 Å². The van der Waals surface area contributed by atoms with Crippen LogP contribution in [-0.4, -0.2) is 71.1 Å². The van der Waals surface area contributed by atoms with E-state index in [4.69, 9.17) is 9.84 Å². The lowest BCUT2D eigenvalue weighted by atomic mass is 10.1. The number of carboxylic acids is 1. The molecule has 0 aliphatic carbocycles. The highest BCUT2D eigenvalue weighted by Crippen LogP contribution is 2.24. The maximum atomic E-state index is 12.8. The number of carboxylic acid groups (broad SMARTS) is 1. The van der Waals surface area contributed by atoms with E-state index in [1.807, 2.05) is 11.4 Å². The molecule has 130 valence electrons. The molecule has 1 N–H and O–H groups in total. The summed E-state index contributed by atoms with van der Waals surface area (Å²) in [5, 5.41) is 10.7. The smallest absolute Gasteiger partial charge is 0.306 e. The van der Waals surface area contributed by atoms with Gasteiger partial charge in [0, 0.05) is 19.6 Å². The molecule has 2 aliphatic rings. The molecule has 2 aliphatic heterocycles. The minimum Gasteiger partial charge on any atom is -0.481 e. The summed E-state index contributed by atoms with van der Waals surface area (Å²) in [6.07, 6.45) is 0.850. The van der Waals surface area contributed by atoms with E-state index in [9.17, 15) is 14.4 Å². The molecule has 2 unspecified atom stereocenters. The number of likely N-dealkylation sites (tertiary alicyclic amines) is 1. The number of aliphatic carboxylic acids is 1. The Labute approximate surface area is 143 Å². The van der Waals surface area contributed by atoms with E-state index in [1.165, 1.54) is 11.3 Å². The summed E-state index contributed by atoms with van der Waals surface area (Å²) in [4.78, 5) is 40.2. The third-order valence-corrected chi connectivity index (χ3v) is 5.24. The number of ether oxygens (including phenoxy) is 1. The topological polar surface area (TPSA) is 87.2 Å². The minimum absolute atomic E-state index is 0.101. The fraction of sp³-hybridized carbons (Fsp3) is 0.562. The molecule has 7 nitrogen and oxygen atoms in total. The van der Waals surface area contributed by atoms with Gasteiger partial charge >= 0.3 is 5.97 Å². The Balaban J connectivity index is 1.67. The number of morpholine rings is 1. The molecule has 2 fully saturated rings. The predicted molar refractivity (Wildman–Crippen MR) is 87.0 cm³/mol. The van der Waals surface area contributed by atoms with Gasteiger partial charge in [-0.15, -0.1) is 11.3 Å². The molecule has 0 saturated carbocycles. The summed E-state index contributed by atoms with van der Waals surface area (Å²) in [5.41, 5.74) is 0. The van der Waals surface area contributed by atoms with E-state index in [0.29, 0.717) is 31.0 Å². The highest BCUT2D eigenvalue weighted by molar-refractivity contribution is 7.12. The molecule has 2 saturated heterocycles. The van der Waals surface area contributed by atoms with Crippen molar-refractivity contribution in [1.82, 2.24) is 9.80 Å². The minimum atomic E-state index is -0.940. The van der Waals surface area contributed by atoms with Crippen LogP contribution in [0.15, 0.2) is 17.5 Å². The van der Waals surface area contributed by atoms with Crippen LogP contribution in [0.3, 0.4) is 0 Å². The molecule has 0 bridgehead atoms. The maximum absolute atomic E-state index is 12.8. The zero-order valence-electron chi connectivity index (χ0n) is 13.2. The second-order valence-electron chi connectivity index (χ2n) is 6.01. The van der Waals surface area contributed by atoms with Crippen molar-refractivity contribution in [3.05, 3.63) is 22.4 Å². The summed E-state index contributed by atoms with van der Waals surface area (Å²) >= 11 is 1.37. The van der Waals surface area contributed by atoms with Gasteiger partial charge in [0.1, 0.15) is 6.04 Å². The van der Waals surface area contributed by atoms with E-state index >= 15 is 0 Å². The number of hydrogen-bond acceptors (Lipinski definition) is 5. The summed E-state index contributed by atoms with van der Waals surface area (Å²) < 4.78 is 5.41. The zero-order valence-corrected chi connectivity index (χ0v) is 14.0. The Morgan fingerprint density at radius 2 is 2.17 bits per heavy atom. The number of carbonyl (C=O) groups excluding carboxylic acids is 2. The fourth-order valence-electron chi connectivity index (χ4n) is 3.26. The molecule has 1 aromatic heterocycles. The first-order valence-corrected chi connectivity index (χ1v) is 8.91. The largest absolute Gasteiger partial charge is 0.481 e. The molecule has 0 radical (unpaired) electrons. The van der Waals surface area contributed by atoms with Gasteiger partial charge in [-0.2, -0.15) is 0 Å². The first kappa shape index (κ1) is 16.9. The molecule has 0 spiro atoms. The quantitative estimate of drug-likeness (QED) is 0.875. The van der Waals surface area contributed by atoms with E-state index in [-0.39, 0.29) is 24.8 Å². The zero-order chi connectivity index (χ0) is 17.1. The van der Waals surface area contributed by atoms with Crippen LogP contribution < -0.4 is 0 Å². The van der Waals surface area contributed by atoms with Crippen LogP contribution in [0.25, 0.3) is 0 Å². The normalized spacial score (nSPS) is 24.2. The number of amides is 2. The third kappa shape index (κ3) is 3.59. The SMILES string of the molecule is O=C(O)CC1CN(C(=O)C2CCCN2C(=O)c2cccs2)CCO1. The first-order valence-electron chi connectivity index (χ1n) is 8.03. The molecule has 3 heterocycles. The van der Waals surface area contributed by atoms with Gasteiger partial charge in [-0.1, -0.05) is 6.07 Å². The molecular weight excluding hydrogens is 332 g/mol. The van der Waals surface area contributed by atoms with Gasteiger partial charge in [-0.05, 0) is 24.3 Å². The Morgan fingerprint density at radius 3 is 2.88 bits per heavy atom. The van der Waals surface area contributed by atoms with Crippen LogP contribution in [0, 0.1) is 0 Å². The number of thiophene rings is 1. The molecule has 2 amide bonds. The Morgan fingerprint density at radius 1 is 1.33 bits per heavy atom. The molecular formula is C16H20N2O5S. The second-order valence-corrected chi connectivity index (χ2v) is 6.96. The van der Waals surface area contributed by atoms with E-state index in [1.54, 1.807) is 15.9 Å². The van der Waals surface area contributed by atoms with Gasteiger partial charge in [0.2, 0.25) is 5.91 Å². The molecule has 8 heteroatoms. The van der Waals surface area contributed by atoms with Crippen LogP contribution in [0.5, 0.6) is 0 Å². The summed E-state index contributed by atoms with van der Waals surface area (Å²) in [7, 11) is 0. The van der Waals surface area contributed by atoms with E-state index in [0.717, 1.165) is 6.42 Å². The number of hydrogen-bond donors (Lipinski definition) is 1. The van der Waals surface area contributed by atoms with Crippen LogP contribution in [0.4, 0.5) is 0 Å². The predicted octanol–water partition coefficient (Wildman–Crippen LogP) is 1.05. The highest BCUT2D eigenvalue weighted by Gasteiger charge is 2.38. The lowest BCUT2D eigenvalue weighted by molar-refractivity contribution is -0.149. The van der Waals surface area contributed by atoms with Gasteiger partial charge in [-0.25, -0.2) is 0 Å². The lowest BCUT2D eigenvalue weighted by Gasteiger charge is -2.35. The van der Waals surface area contributed by atoms with Crippen LogP contribution >= 0.6 is 11.3 Å². The van der Waals surface area contributed by atoms with Gasteiger partial charge in [0.05, 0.1) is 24.0 Å². The van der Waals surface area contributed by atoms with Crippen molar-refractivity contribution in [2.45, 2.75) is 31.4 Å². The van der Waals surface area contributed by atoms with Gasteiger partial charge in [-0.3, -0.25) is 14.4 Å². The average Bonchev–Trinajstić information content (AvgIpc) is 3.24.